The maximum atomic E-state index is 12.0. The van der Waals surface area contributed by atoms with Gasteiger partial charge in [0, 0.05) is 12.1 Å². The van der Waals surface area contributed by atoms with Crippen LogP contribution in [0.4, 0.5) is 17.2 Å². The summed E-state index contributed by atoms with van der Waals surface area (Å²) in [5, 5.41) is 6.69. The van der Waals surface area contributed by atoms with Crippen molar-refractivity contribution in [1.29, 1.82) is 0 Å². The van der Waals surface area contributed by atoms with Crippen LogP contribution in [0.2, 0.25) is 0 Å². The van der Waals surface area contributed by atoms with Crippen molar-refractivity contribution in [1.82, 2.24) is 9.97 Å². The van der Waals surface area contributed by atoms with Crippen LogP contribution in [0.25, 0.3) is 0 Å². The van der Waals surface area contributed by atoms with Crippen molar-refractivity contribution in [3.8, 4) is 5.75 Å². The molecule has 6 N–H and O–H groups in total. The molecule has 8 nitrogen and oxygen atoms in total. The first-order valence-corrected chi connectivity index (χ1v) is 11.6. The highest BCUT2D eigenvalue weighted by atomic mass is 16.5. The van der Waals surface area contributed by atoms with E-state index in [1.165, 1.54) is 0 Å². The molecule has 3 aromatic rings. The van der Waals surface area contributed by atoms with Crippen LogP contribution in [0.1, 0.15) is 53.0 Å². The minimum Gasteiger partial charge on any atom is -0.487 e. The van der Waals surface area contributed by atoms with Crippen LogP contribution in [0.5, 0.6) is 5.75 Å². The number of nitrogens with one attached hydrogen (secondary N) is 2. The van der Waals surface area contributed by atoms with Crippen LogP contribution in [0.3, 0.4) is 0 Å². The van der Waals surface area contributed by atoms with Crippen LogP contribution in [-0.2, 0) is 6.61 Å². The summed E-state index contributed by atoms with van der Waals surface area (Å²) in [5.41, 5.74) is 16.1. The Hall–Kier alpha value is -3.65. The maximum absolute atomic E-state index is 12.0. The number of carbonyl (C=O) groups excluding carboxylic acids is 1. The Labute approximate surface area is 200 Å². The van der Waals surface area contributed by atoms with Crippen molar-refractivity contribution in [2.75, 3.05) is 10.6 Å². The fourth-order valence-corrected chi connectivity index (χ4v) is 4.36. The molecule has 8 heteroatoms. The summed E-state index contributed by atoms with van der Waals surface area (Å²) >= 11 is 0. The molecule has 0 spiro atoms. The Kier molecular flexibility index (Phi) is 7.27. The Morgan fingerprint density at radius 1 is 1.15 bits per heavy atom. The number of aromatic nitrogens is 2. The molecule has 4 rings (SSSR count). The molecule has 1 fully saturated rings. The summed E-state index contributed by atoms with van der Waals surface area (Å²) in [7, 11) is 0. The monoisotopic (exact) mass is 460 g/mol. The number of anilines is 3. The van der Waals surface area contributed by atoms with Gasteiger partial charge < -0.3 is 26.8 Å². The van der Waals surface area contributed by atoms with E-state index in [2.05, 4.69) is 20.6 Å². The molecular weight excluding hydrogens is 428 g/mol. The zero-order chi connectivity index (χ0) is 24.1. The fraction of sp³-hybridized carbons (Fsp3) is 0.346. The van der Waals surface area contributed by atoms with E-state index in [0.717, 1.165) is 53.9 Å². The topological polar surface area (TPSA) is 128 Å². The van der Waals surface area contributed by atoms with E-state index >= 15 is 0 Å². The molecule has 0 unspecified atom stereocenters. The Balaban J connectivity index is 1.54. The largest absolute Gasteiger partial charge is 0.487 e. The molecule has 0 saturated heterocycles. The maximum Gasteiger partial charge on any atom is 0.269 e. The average Bonchev–Trinajstić information content (AvgIpc) is 2.81. The average molecular weight is 461 g/mol. The molecule has 2 atom stereocenters. The summed E-state index contributed by atoms with van der Waals surface area (Å²) in [6, 6.07) is 14.0. The first-order chi connectivity index (χ1) is 16.4. The molecular formula is C26H32N6O2. The summed E-state index contributed by atoms with van der Waals surface area (Å²) in [4.78, 5) is 21.0. The highest BCUT2D eigenvalue weighted by Crippen LogP contribution is 2.29. The minimum atomic E-state index is -0.611. The molecule has 2 aromatic heterocycles. The predicted octanol–water partition coefficient (Wildman–Crippen LogP) is 4.20. The number of rotatable bonds is 8. The molecule has 1 aliphatic carbocycles. The van der Waals surface area contributed by atoms with Crippen molar-refractivity contribution in [3.63, 3.8) is 0 Å². The van der Waals surface area contributed by atoms with Gasteiger partial charge in [-0.05, 0) is 49.9 Å². The van der Waals surface area contributed by atoms with E-state index in [1.54, 1.807) is 6.20 Å². The van der Waals surface area contributed by atoms with Crippen molar-refractivity contribution in [2.24, 2.45) is 11.5 Å². The van der Waals surface area contributed by atoms with Crippen molar-refractivity contribution < 1.29 is 9.53 Å². The first-order valence-electron chi connectivity index (χ1n) is 11.6. The molecule has 1 saturated carbocycles. The van der Waals surface area contributed by atoms with Gasteiger partial charge >= 0.3 is 0 Å². The second-order valence-corrected chi connectivity index (χ2v) is 8.82. The van der Waals surface area contributed by atoms with Gasteiger partial charge in [-0.3, -0.25) is 4.79 Å². The van der Waals surface area contributed by atoms with Crippen LogP contribution < -0.4 is 26.8 Å². The third kappa shape index (κ3) is 5.63. The smallest absolute Gasteiger partial charge is 0.269 e. The zero-order valence-electron chi connectivity index (χ0n) is 19.7. The van der Waals surface area contributed by atoms with Gasteiger partial charge in [0.2, 0.25) is 0 Å². The summed E-state index contributed by atoms with van der Waals surface area (Å²) in [6.07, 6.45) is 5.92. The lowest BCUT2D eigenvalue weighted by Gasteiger charge is -2.30. The van der Waals surface area contributed by atoms with Gasteiger partial charge in [-0.2, -0.15) is 0 Å². The number of primary amides is 1. The van der Waals surface area contributed by atoms with Crippen LogP contribution in [0.15, 0.2) is 48.7 Å². The van der Waals surface area contributed by atoms with Crippen molar-refractivity contribution in [3.05, 3.63) is 71.2 Å². The van der Waals surface area contributed by atoms with E-state index in [0.29, 0.717) is 18.1 Å². The molecule has 2 heterocycles. The number of ether oxygens (including phenoxy) is 1. The number of benzene rings is 1. The molecule has 34 heavy (non-hydrogen) atoms. The quantitative estimate of drug-likeness (QED) is 0.397. The first kappa shape index (κ1) is 23.5. The Bertz CT molecular complexity index is 1130. The number of carbonyl (C=O) groups is 1. The lowest BCUT2D eigenvalue weighted by molar-refractivity contribution is 0.0996. The van der Waals surface area contributed by atoms with E-state index in [1.807, 2.05) is 56.3 Å². The molecule has 0 radical (unpaired) electrons. The molecule has 1 aromatic carbocycles. The SMILES string of the molecule is Cc1cc(Nc2cc(N[C@@H]3CCCC[C@@H]3N)cnc2C(N)=O)nc(C)c1OCc1ccccc1. The summed E-state index contributed by atoms with van der Waals surface area (Å²) in [6.45, 7) is 4.33. The third-order valence-corrected chi connectivity index (χ3v) is 6.11. The highest BCUT2D eigenvalue weighted by molar-refractivity contribution is 5.97. The van der Waals surface area contributed by atoms with E-state index < -0.39 is 5.91 Å². The van der Waals surface area contributed by atoms with Gasteiger partial charge in [0.05, 0.1) is 23.3 Å². The van der Waals surface area contributed by atoms with Gasteiger partial charge in [0.1, 0.15) is 18.2 Å². The Morgan fingerprint density at radius 2 is 1.91 bits per heavy atom. The standard InChI is InChI=1S/C26H32N6O2/c1-16-12-23(30-17(2)25(16)34-15-18-8-4-3-5-9-18)32-22-13-19(14-29-24(22)26(28)33)31-21-11-7-6-10-20(21)27/h3-5,8-9,12-14,20-21,31H,6-7,10-11,15,27H2,1-2H3,(H2,28,33)(H,30,32)/t20-,21+/m0/s1. The molecule has 178 valence electrons. The lowest BCUT2D eigenvalue weighted by Crippen LogP contribution is -2.42. The van der Waals surface area contributed by atoms with Crippen LogP contribution in [-0.4, -0.2) is 28.0 Å². The van der Waals surface area contributed by atoms with Crippen LogP contribution in [0, 0.1) is 13.8 Å². The van der Waals surface area contributed by atoms with Crippen molar-refractivity contribution >= 4 is 23.1 Å². The van der Waals surface area contributed by atoms with Crippen molar-refractivity contribution in [2.45, 2.75) is 58.2 Å². The van der Waals surface area contributed by atoms with Crippen LogP contribution >= 0.6 is 0 Å². The molecule has 0 aliphatic heterocycles. The van der Waals surface area contributed by atoms with E-state index in [-0.39, 0.29) is 17.8 Å². The number of amides is 1. The summed E-state index contributed by atoms with van der Waals surface area (Å²) in [5.74, 6) is 0.710. The highest BCUT2D eigenvalue weighted by Gasteiger charge is 2.22. The second-order valence-electron chi connectivity index (χ2n) is 8.82. The number of aryl methyl sites for hydroxylation is 2. The fourth-order valence-electron chi connectivity index (χ4n) is 4.36. The van der Waals surface area contributed by atoms with E-state index in [4.69, 9.17) is 16.2 Å². The van der Waals surface area contributed by atoms with Gasteiger partial charge in [-0.15, -0.1) is 0 Å². The number of pyridine rings is 2. The third-order valence-electron chi connectivity index (χ3n) is 6.11. The van der Waals surface area contributed by atoms with Gasteiger partial charge in [0.15, 0.2) is 5.69 Å². The normalized spacial score (nSPS) is 17.7. The molecule has 0 bridgehead atoms. The van der Waals surface area contributed by atoms with Gasteiger partial charge in [0.25, 0.3) is 5.91 Å². The zero-order valence-corrected chi connectivity index (χ0v) is 19.7. The number of nitrogens with two attached hydrogens (primary N) is 2. The van der Waals surface area contributed by atoms with Gasteiger partial charge in [-0.1, -0.05) is 43.2 Å². The van der Waals surface area contributed by atoms with Gasteiger partial charge in [-0.25, -0.2) is 9.97 Å². The predicted molar refractivity (Wildman–Crippen MR) is 134 cm³/mol. The Morgan fingerprint density at radius 3 is 2.62 bits per heavy atom. The minimum absolute atomic E-state index is 0.0939. The number of hydrogen-bond donors (Lipinski definition) is 4. The summed E-state index contributed by atoms with van der Waals surface area (Å²) < 4.78 is 6.04. The lowest BCUT2D eigenvalue weighted by atomic mass is 9.91. The number of hydrogen-bond acceptors (Lipinski definition) is 7. The van der Waals surface area contributed by atoms with E-state index in [9.17, 15) is 4.79 Å². The molecule has 1 aliphatic rings. The number of nitrogens with zero attached hydrogens (tertiary/aromatic N) is 2. The second kappa shape index (κ2) is 10.5. The molecule has 1 amide bonds.